The monoisotopic (exact) mass is 410 g/mol. The van der Waals surface area contributed by atoms with Crippen LogP contribution in [0.15, 0.2) is 36.4 Å². The van der Waals surface area contributed by atoms with Crippen LogP contribution in [-0.2, 0) is 9.59 Å². The summed E-state index contributed by atoms with van der Waals surface area (Å²) in [6, 6.07) is 9.75. The predicted octanol–water partition coefficient (Wildman–Crippen LogP) is 4.10. The zero-order chi connectivity index (χ0) is 20.0. The SMILES string of the molecule is O=C1CC(C(=O)Nc2ccc3nc(N4CCCC4)sc3c2)c2ccc(F)cc2N1. The van der Waals surface area contributed by atoms with Crippen molar-refractivity contribution in [1.82, 2.24) is 4.98 Å². The molecule has 6 nitrogen and oxygen atoms in total. The van der Waals surface area contributed by atoms with E-state index >= 15 is 0 Å². The van der Waals surface area contributed by atoms with Crippen LogP contribution in [-0.4, -0.2) is 29.9 Å². The van der Waals surface area contributed by atoms with Crippen molar-refractivity contribution in [1.29, 1.82) is 0 Å². The van der Waals surface area contributed by atoms with Crippen LogP contribution in [0.4, 0.5) is 20.9 Å². The lowest BCUT2D eigenvalue weighted by Crippen LogP contribution is -2.30. The molecule has 2 amide bonds. The lowest BCUT2D eigenvalue weighted by atomic mass is 9.89. The van der Waals surface area contributed by atoms with E-state index in [1.807, 2.05) is 18.2 Å². The molecule has 148 valence electrons. The standard InChI is InChI=1S/C21H19FN4O2S/c22-12-3-5-14-15(11-19(27)24-17(14)9-12)20(28)23-13-4-6-16-18(10-13)29-21(25-16)26-7-1-2-8-26/h3-6,9-10,15H,1-2,7-8,11H2,(H,23,28)(H,24,27). The Labute approximate surface area is 170 Å². The molecule has 3 aromatic rings. The maximum absolute atomic E-state index is 13.5. The Balaban J connectivity index is 1.39. The van der Waals surface area contributed by atoms with E-state index in [0.29, 0.717) is 16.9 Å². The Morgan fingerprint density at radius 2 is 2.03 bits per heavy atom. The zero-order valence-corrected chi connectivity index (χ0v) is 16.4. The molecule has 2 N–H and O–H groups in total. The number of anilines is 3. The Hall–Kier alpha value is -3.00. The average molecular weight is 410 g/mol. The Kier molecular flexibility index (Phi) is 4.43. The molecule has 8 heteroatoms. The Morgan fingerprint density at radius 1 is 1.21 bits per heavy atom. The number of thiazole rings is 1. The van der Waals surface area contributed by atoms with Gasteiger partial charge in [-0.3, -0.25) is 9.59 Å². The number of benzene rings is 2. The van der Waals surface area contributed by atoms with Crippen LogP contribution in [0.5, 0.6) is 0 Å². The van der Waals surface area contributed by atoms with Crippen LogP contribution in [0.25, 0.3) is 10.2 Å². The highest BCUT2D eigenvalue weighted by Gasteiger charge is 2.31. The van der Waals surface area contributed by atoms with Gasteiger partial charge in [0, 0.05) is 30.9 Å². The van der Waals surface area contributed by atoms with Crippen LogP contribution >= 0.6 is 11.3 Å². The average Bonchev–Trinajstić information content (AvgIpc) is 3.36. The molecule has 2 aliphatic heterocycles. The molecule has 2 aliphatic rings. The summed E-state index contributed by atoms with van der Waals surface area (Å²) < 4.78 is 14.5. The molecule has 0 bridgehead atoms. The quantitative estimate of drug-likeness (QED) is 0.682. The third-order valence-electron chi connectivity index (χ3n) is 5.39. The third kappa shape index (κ3) is 3.44. The van der Waals surface area contributed by atoms with E-state index < -0.39 is 11.7 Å². The molecule has 1 atom stereocenters. The smallest absolute Gasteiger partial charge is 0.232 e. The van der Waals surface area contributed by atoms with Crippen molar-refractivity contribution in [3.05, 3.63) is 47.8 Å². The van der Waals surface area contributed by atoms with E-state index in [1.165, 1.54) is 25.0 Å². The number of aromatic nitrogens is 1. The topological polar surface area (TPSA) is 74.3 Å². The lowest BCUT2D eigenvalue weighted by molar-refractivity contribution is -0.123. The molecular weight excluding hydrogens is 391 g/mol. The van der Waals surface area contributed by atoms with Gasteiger partial charge in [0.2, 0.25) is 11.8 Å². The van der Waals surface area contributed by atoms with Crippen LogP contribution < -0.4 is 15.5 Å². The van der Waals surface area contributed by atoms with Gasteiger partial charge in [0.1, 0.15) is 5.82 Å². The molecule has 1 saturated heterocycles. The number of nitrogens with zero attached hydrogens (tertiary/aromatic N) is 2. The summed E-state index contributed by atoms with van der Waals surface area (Å²) in [5.74, 6) is -1.68. The maximum Gasteiger partial charge on any atom is 0.232 e. The predicted molar refractivity (Wildman–Crippen MR) is 112 cm³/mol. The second-order valence-electron chi connectivity index (χ2n) is 7.40. The summed E-state index contributed by atoms with van der Waals surface area (Å²) >= 11 is 1.62. The summed E-state index contributed by atoms with van der Waals surface area (Å²) in [5.41, 5.74) is 2.55. The van der Waals surface area contributed by atoms with E-state index in [1.54, 1.807) is 17.4 Å². The molecule has 2 aromatic carbocycles. The van der Waals surface area contributed by atoms with Crippen LogP contribution in [0, 0.1) is 5.82 Å². The van der Waals surface area contributed by atoms with Crippen molar-refractivity contribution in [2.45, 2.75) is 25.2 Å². The number of rotatable bonds is 3. The van der Waals surface area contributed by atoms with Gasteiger partial charge in [-0.2, -0.15) is 0 Å². The molecular formula is C21H19FN4O2S. The fourth-order valence-corrected chi connectivity index (χ4v) is 4.99. The summed E-state index contributed by atoms with van der Waals surface area (Å²) in [5, 5.41) is 6.56. The van der Waals surface area contributed by atoms with Crippen molar-refractivity contribution in [3.8, 4) is 0 Å². The van der Waals surface area contributed by atoms with Gasteiger partial charge in [-0.1, -0.05) is 17.4 Å². The minimum absolute atomic E-state index is 0.0341. The van der Waals surface area contributed by atoms with E-state index in [0.717, 1.165) is 28.4 Å². The first-order valence-corrected chi connectivity index (χ1v) is 10.4. The first-order valence-electron chi connectivity index (χ1n) is 9.62. The molecule has 1 unspecified atom stereocenters. The Morgan fingerprint density at radius 3 is 2.86 bits per heavy atom. The molecule has 0 saturated carbocycles. The highest BCUT2D eigenvalue weighted by molar-refractivity contribution is 7.22. The van der Waals surface area contributed by atoms with E-state index in [-0.39, 0.29) is 18.2 Å². The number of halogens is 1. The van der Waals surface area contributed by atoms with Crippen LogP contribution in [0.3, 0.4) is 0 Å². The first kappa shape index (κ1) is 18.1. The van der Waals surface area contributed by atoms with Gasteiger partial charge >= 0.3 is 0 Å². The number of hydrogen-bond donors (Lipinski definition) is 2. The van der Waals surface area contributed by atoms with E-state index in [2.05, 4.69) is 15.5 Å². The number of carbonyl (C=O) groups excluding carboxylic acids is 2. The summed E-state index contributed by atoms with van der Waals surface area (Å²) in [4.78, 5) is 31.9. The lowest BCUT2D eigenvalue weighted by Gasteiger charge is -2.24. The molecule has 0 spiro atoms. The maximum atomic E-state index is 13.5. The van der Waals surface area contributed by atoms with Crippen LogP contribution in [0.2, 0.25) is 0 Å². The van der Waals surface area contributed by atoms with Crippen molar-refractivity contribution in [3.63, 3.8) is 0 Å². The summed E-state index contributed by atoms with van der Waals surface area (Å²) in [6.45, 7) is 2.07. The minimum Gasteiger partial charge on any atom is -0.348 e. The molecule has 1 fully saturated rings. The number of amides is 2. The third-order valence-corrected chi connectivity index (χ3v) is 6.47. The molecule has 0 aliphatic carbocycles. The van der Waals surface area contributed by atoms with Crippen molar-refractivity contribution in [2.75, 3.05) is 28.6 Å². The molecule has 29 heavy (non-hydrogen) atoms. The summed E-state index contributed by atoms with van der Waals surface area (Å²) in [7, 11) is 0. The highest BCUT2D eigenvalue weighted by atomic mass is 32.1. The van der Waals surface area contributed by atoms with E-state index in [9.17, 15) is 14.0 Å². The van der Waals surface area contributed by atoms with Gasteiger partial charge < -0.3 is 15.5 Å². The first-order chi connectivity index (χ1) is 14.1. The second-order valence-corrected chi connectivity index (χ2v) is 8.41. The van der Waals surface area contributed by atoms with Crippen molar-refractivity contribution >= 4 is 49.9 Å². The highest BCUT2D eigenvalue weighted by Crippen LogP contribution is 2.35. The number of nitrogens with one attached hydrogen (secondary N) is 2. The minimum atomic E-state index is -0.656. The van der Waals surface area contributed by atoms with Crippen LogP contribution in [0.1, 0.15) is 30.7 Å². The van der Waals surface area contributed by atoms with Gasteiger partial charge in [-0.05, 0) is 48.7 Å². The number of fused-ring (bicyclic) bond motifs is 2. The number of hydrogen-bond acceptors (Lipinski definition) is 5. The second kappa shape index (κ2) is 7.11. The summed E-state index contributed by atoms with van der Waals surface area (Å²) in [6.07, 6.45) is 2.42. The molecule has 3 heterocycles. The molecule has 5 rings (SSSR count). The van der Waals surface area contributed by atoms with Gasteiger partial charge in [-0.15, -0.1) is 0 Å². The van der Waals surface area contributed by atoms with Crippen molar-refractivity contribution < 1.29 is 14.0 Å². The van der Waals surface area contributed by atoms with Gasteiger partial charge in [0.15, 0.2) is 5.13 Å². The van der Waals surface area contributed by atoms with E-state index in [4.69, 9.17) is 4.98 Å². The fourth-order valence-electron chi connectivity index (χ4n) is 3.93. The number of carbonyl (C=O) groups is 2. The van der Waals surface area contributed by atoms with Gasteiger partial charge in [0.25, 0.3) is 0 Å². The Bertz CT molecular complexity index is 1120. The molecule has 1 aromatic heterocycles. The van der Waals surface area contributed by atoms with Gasteiger partial charge in [0.05, 0.1) is 16.1 Å². The zero-order valence-electron chi connectivity index (χ0n) is 15.6. The normalized spacial score (nSPS) is 18.6. The largest absolute Gasteiger partial charge is 0.348 e. The fraction of sp³-hybridized carbons (Fsp3) is 0.286. The van der Waals surface area contributed by atoms with Gasteiger partial charge in [-0.25, -0.2) is 9.37 Å². The molecule has 0 radical (unpaired) electrons. The van der Waals surface area contributed by atoms with Crippen molar-refractivity contribution in [2.24, 2.45) is 0 Å².